The van der Waals surface area contributed by atoms with E-state index in [0.717, 1.165) is 11.4 Å². The van der Waals surface area contributed by atoms with Gasteiger partial charge in [-0.05, 0) is 61.6 Å². The first-order valence-corrected chi connectivity index (χ1v) is 9.69. The summed E-state index contributed by atoms with van der Waals surface area (Å²) in [6.07, 6.45) is 3.33. The van der Waals surface area contributed by atoms with Gasteiger partial charge in [-0.25, -0.2) is 4.68 Å². The van der Waals surface area contributed by atoms with Crippen molar-refractivity contribution >= 4 is 34.7 Å². The standard InChI is InChI=1S/C22H19N5O2S/c1-3-11-26-21(29)18-8-7-15(12-19(18)25-22(26)30)20(28)24-16-5-4-6-17(13-16)27-14(2)9-10-23-27/h3-10,12-13H,1,11H2,2H3,(H,24,28)(H,25,30). The Hall–Kier alpha value is -3.78. The van der Waals surface area contributed by atoms with Gasteiger partial charge in [-0.1, -0.05) is 12.1 Å². The Labute approximate surface area is 177 Å². The van der Waals surface area contributed by atoms with Crippen LogP contribution in [0.4, 0.5) is 5.69 Å². The average molecular weight is 417 g/mol. The number of aryl methyl sites for hydroxylation is 1. The lowest BCUT2D eigenvalue weighted by molar-refractivity contribution is 0.102. The van der Waals surface area contributed by atoms with Gasteiger partial charge in [-0.2, -0.15) is 5.10 Å². The van der Waals surface area contributed by atoms with E-state index in [1.54, 1.807) is 35.2 Å². The van der Waals surface area contributed by atoms with Gasteiger partial charge in [0.05, 0.1) is 16.6 Å². The van der Waals surface area contributed by atoms with E-state index in [1.165, 1.54) is 4.57 Å². The van der Waals surface area contributed by atoms with Crippen molar-refractivity contribution in [2.24, 2.45) is 0 Å². The second-order valence-corrected chi connectivity index (χ2v) is 7.17. The highest BCUT2D eigenvalue weighted by Gasteiger charge is 2.11. The molecule has 1 amide bonds. The lowest BCUT2D eigenvalue weighted by atomic mass is 10.1. The van der Waals surface area contributed by atoms with Crippen molar-refractivity contribution < 1.29 is 4.79 Å². The third-order valence-corrected chi connectivity index (χ3v) is 5.06. The minimum absolute atomic E-state index is 0.220. The Morgan fingerprint density at radius 2 is 2.10 bits per heavy atom. The molecule has 0 atom stereocenters. The first kappa shape index (κ1) is 19.5. The van der Waals surface area contributed by atoms with Crippen LogP contribution in [-0.4, -0.2) is 25.2 Å². The summed E-state index contributed by atoms with van der Waals surface area (Å²) in [4.78, 5) is 28.4. The summed E-state index contributed by atoms with van der Waals surface area (Å²) < 4.78 is 3.50. The molecule has 30 heavy (non-hydrogen) atoms. The fourth-order valence-corrected chi connectivity index (χ4v) is 3.52. The maximum absolute atomic E-state index is 12.8. The van der Waals surface area contributed by atoms with Gasteiger partial charge in [-0.3, -0.25) is 14.2 Å². The molecule has 2 heterocycles. The van der Waals surface area contributed by atoms with Crippen LogP contribution in [0, 0.1) is 11.7 Å². The van der Waals surface area contributed by atoms with Gasteiger partial charge in [-0.15, -0.1) is 6.58 Å². The van der Waals surface area contributed by atoms with Crippen LogP contribution in [0.3, 0.4) is 0 Å². The van der Waals surface area contributed by atoms with Crippen LogP contribution in [0.5, 0.6) is 0 Å². The molecule has 0 unspecified atom stereocenters. The summed E-state index contributed by atoms with van der Waals surface area (Å²) in [6.45, 7) is 5.92. The van der Waals surface area contributed by atoms with Crippen LogP contribution in [0.1, 0.15) is 16.1 Å². The van der Waals surface area contributed by atoms with Crippen molar-refractivity contribution in [3.8, 4) is 5.69 Å². The Bertz CT molecular complexity index is 1400. The Balaban J connectivity index is 1.65. The number of amides is 1. The third-order valence-electron chi connectivity index (χ3n) is 4.74. The van der Waals surface area contributed by atoms with Gasteiger partial charge in [0.15, 0.2) is 4.77 Å². The van der Waals surface area contributed by atoms with E-state index < -0.39 is 0 Å². The average Bonchev–Trinajstić information content (AvgIpc) is 3.17. The number of hydrogen-bond acceptors (Lipinski definition) is 4. The van der Waals surface area contributed by atoms with Gasteiger partial charge in [0.1, 0.15) is 0 Å². The number of rotatable bonds is 5. The Morgan fingerprint density at radius 1 is 1.27 bits per heavy atom. The molecule has 4 aromatic rings. The highest BCUT2D eigenvalue weighted by molar-refractivity contribution is 7.71. The van der Waals surface area contributed by atoms with E-state index in [2.05, 4.69) is 22.0 Å². The van der Waals surface area contributed by atoms with Crippen LogP contribution in [0.2, 0.25) is 0 Å². The van der Waals surface area contributed by atoms with Crippen molar-refractivity contribution in [1.29, 1.82) is 0 Å². The summed E-state index contributed by atoms with van der Waals surface area (Å²) in [5.41, 5.74) is 3.18. The zero-order valence-corrected chi connectivity index (χ0v) is 17.1. The van der Waals surface area contributed by atoms with Crippen LogP contribution >= 0.6 is 12.2 Å². The van der Waals surface area contributed by atoms with Gasteiger partial charge >= 0.3 is 0 Å². The van der Waals surface area contributed by atoms with Crippen molar-refractivity contribution in [3.05, 3.63) is 93.8 Å². The zero-order valence-electron chi connectivity index (χ0n) is 16.3. The van der Waals surface area contributed by atoms with E-state index in [9.17, 15) is 9.59 Å². The van der Waals surface area contributed by atoms with Crippen LogP contribution in [0.15, 0.2) is 72.2 Å². The molecule has 0 radical (unpaired) electrons. The number of aromatic amines is 1. The van der Waals surface area contributed by atoms with Gasteiger partial charge < -0.3 is 10.3 Å². The number of hydrogen-bond donors (Lipinski definition) is 2. The predicted molar refractivity (Wildman–Crippen MR) is 120 cm³/mol. The molecule has 0 bridgehead atoms. The summed E-state index contributed by atoms with van der Waals surface area (Å²) in [5, 5.41) is 7.63. The van der Waals surface area contributed by atoms with E-state index >= 15 is 0 Å². The summed E-state index contributed by atoms with van der Waals surface area (Å²) >= 11 is 5.26. The molecule has 150 valence electrons. The number of benzene rings is 2. The molecule has 0 aliphatic rings. The molecule has 0 aliphatic heterocycles. The number of fused-ring (bicyclic) bond motifs is 1. The predicted octanol–water partition coefficient (Wildman–Crippen LogP) is 3.99. The lowest BCUT2D eigenvalue weighted by Gasteiger charge is -2.10. The maximum Gasteiger partial charge on any atom is 0.262 e. The molecular weight excluding hydrogens is 398 g/mol. The minimum atomic E-state index is -0.291. The normalized spacial score (nSPS) is 10.8. The van der Waals surface area contributed by atoms with Crippen molar-refractivity contribution in [3.63, 3.8) is 0 Å². The van der Waals surface area contributed by atoms with E-state index in [0.29, 0.717) is 28.7 Å². The van der Waals surface area contributed by atoms with Gasteiger partial charge in [0, 0.05) is 29.7 Å². The van der Waals surface area contributed by atoms with Gasteiger partial charge in [0.2, 0.25) is 0 Å². The number of nitrogens with one attached hydrogen (secondary N) is 2. The van der Waals surface area contributed by atoms with Crippen molar-refractivity contribution in [2.45, 2.75) is 13.5 Å². The van der Waals surface area contributed by atoms with E-state index in [1.807, 2.05) is 37.3 Å². The molecule has 0 aliphatic carbocycles. The molecule has 4 rings (SSSR count). The second-order valence-electron chi connectivity index (χ2n) is 6.78. The van der Waals surface area contributed by atoms with Crippen LogP contribution in [-0.2, 0) is 6.54 Å². The number of allylic oxidation sites excluding steroid dienone is 1. The lowest BCUT2D eigenvalue weighted by Crippen LogP contribution is -2.22. The SMILES string of the molecule is C=CCn1c(=S)[nH]c2cc(C(=O)Nc3cccc(-n4nccc4C)c3)ccc2c1=O. The maximum atomic E-state index is 12.8. The molecule has 2 N–H and O–H groups in total. The fourth-order valence-electron chi connectivity index (χ4n) is 3.25. The molecule has 0 fully saturated rings. The van der Waals surface area contributed by atoms with Gasteiger partial charge in [0.25, 0.3) is 11.5 Å². The fraction of sp³-hybridized carbons (Fsp3) is 0.0909. The summed E-state index contributed by atoms with van der Waals surface area (Å²) in [6, 6.07) is 14.2. The largest absolute Gasteiger partial charge is 0.332 e. The monoisotopic (exact) mass is 417 g/mol. The first-order valence-electron chi connectivity index (χ1n) is 9.28. The van der Waals surface area contributed by atoms with Crippen molar-refractivity contribution in [2.75, 3.05) is 5.32 Å². The third kappa shape index (κ3) is 3.60. The Kier molecular flexibility index (Phi) is 5.16. The smallest absolute Gasteiger partial charge is 0.262 e. The highest BCUT2D eigenvalue weighted by Crippen LogP contribution is 2.18. The molecular formula is C22H19N5O2S. The topological polar surface area (TPSA) is 84.7 Å². The number of carbonyl (C=O) groups is 1. The number of H-pyrrole nitrogens is 1. The molecule has 8 heteroatoms. The molecule has 2 aromatic heterocycles. The Morgan fingerprint density at radius 3 is 2.83 bits per heavy atom. The number of anilines is 1. The van der Waals surface area contributed by atoms with E-state index in [-0.39, 0.29) is 16.2 Å². The number of carbonyl (C=O) groups excluding carboxylic acids is 1. The molecule has 0 saturated heterocycles. The van der Waals surface area contributed by atoms with Crippen LogP contribution < -0.4 is 10.9 Å². The molecule has 0 spiro atoms. The minimum Gasteiger partial charge on any atom is -0.332 e. The first-order chi connectivity index (χ1) is 14.5. The molecule has 7 nitrogen and oxygen atoms in total. The summed E-state index contributed by atoms with van der Waals surface area (Å²) in [5.74, 6) is -0.291. The summed E-state index contributed by atoms with van der Waals surface area (Å²) in [7, 11) is 0. The number of nitrogens with zero attached hydrogens (tertiary/aromatic N) is 3. The second kappa shape index (κ2) is 7.92. The quantitative estimate of drug-likeness (QED) is 0.380. The zero-order chi connectivity index (χ0) is 21.3. The molecule has 0 saturated carbocycles. The molecule has 2 aromatic carbocycles. The van der Waals surface area contributed by atoms with Crippen molar-refractivity contribution in [1.82, 2.24) is 19.3 Å². The highest BCUT2D eigenvalue weighted by atomic mass is 32.1. The van der Waals surface area contributed by atoms with E-state index in [4.69, 9.17) is 12.2 Å². The number of aromatic nitrogens is 4. The van der Waals surface area contributed by atoms with Crippen LogP contribution in [0.25, 0.3) is 16.6 Å².